The van der Waals surface area contributed by atoms with Gasteiger partial charge in [-0.05, 0) is 31.2 Å². The minimum absolute atomic E-state index is 0.718. The van der Waals surface area contributed by atoms with Crippen LogP contribution in [0.15, 0.2) is 23.7 Å². The van der Waals surface area contributed by atoms with E-state index in [0.29, 0.717) is 0 Å². The van der Waals surface area contributed by atoms with E-state index >= 15 is 0 Å². The Bertz CT molecular complexity index is 563. The second-order valence-electron chi connectivity index (χ2n) is 5.37. The summed E-state index contributed by atoms with van der Waals surface area (Å²) in [5, 5.41) is 5.61. The molecular formula is C15H20N4S. The van der Waals surface area contributed by atoms with Crippen molar-refractivity contribution in [1.82, 2.24) is 15.3 Å². The Balaban J connectivity index is 1.65. The Morgan fingerprint density at radius 3 is 2.95 bits per heavy atom. The molecule has 5 heteroatoms. The number of aromatic nitrogens is 2. The smallest absolute Gasteiger partial charge is 0.225 e. The highest BCUT2D eigenvalue weighted by atomic mass is 32.1. The van der Waals surface area contributed by atoms with Crippen molar-refractivity contribution in [1.29, 1.82) is 0 Å². The largest absolute Gasteiger partial charge is 0.339 e. The van der Waals surface area contributed by atoms with E-state index < -0.39 is 0 Å². The van der Waals surface area contributed by atoms with Gasteiger partial charge in [-0.1, -0.05) is 6.07 Å². The molecule has 3 rings (SSSR count). The lowest BCUT2D eigenvalue weighted by molar-refractivity contribution is 0.678. The molecule has 1 aliphatic rings. The highest BCUT2D eigenvalue weighted by molar-refractivity contribution is 7.09. The molecule has 0 spiro atoms. The summed E-state index contributed by atoms with van der Waals surface area (Å²) in [5.41, 5.74) is 2.27. The molecule has 1 saturated carbocycles. The number of hydrogen-bond acceptors (Lipinski definition) is 5. The second kappa shape index (κ2) is 5.89. The fourth-order valence-corrected chi connectivity index (χ4v) is 2.84. The zero-order chi connectivity index (χ0) is 13.9. The van der Waals surface area contributed by atoms with E-state index in [0.717, 1.165) is 30.8 Å². The highest BCUT2D eigenvalue weighted by Crippen LogP contribution is 2.20. The predicted molar refractivity (Wildman–Crippen MR) is 83.1 cm³/mol. The third kappa shape index (κ3) is 3.35. The monoisotopic (exact) mass is 288 g/mol. The minimum Gasteiger partial charge on any atom is -0.339 e. The minimum atomic E-state index is 0.718. The first-order valence-electron chi connectivity index (χ1n) is 7.02. The van der Waals surface area contributed by atoms with Crippen LogP contribution in [0.3, 0.4) is 0 Å². The maximum atomic E-state index is 4.63. The van der Waals surface area contributed by atoms with Crippen molar-refractivity contribution in [3.8, 4) is 0 Å². The fourth-order valence-electron chi connectivity index (χ4n) is 2.09. The van der Waals surface area contributed by atoms with Crippen LogP contribution in [0.1, 0.15) is 29.0 Å². The first-order chi connectivity index (χ1) is 9.72. The van der Waals surface area contributed by atoms with Gasteiger partial charge in [0.25, 0.3) is 0 Å². The fraction of sp³-hybridized carbons (Fsp3) is 0.467. The van der Waals surface area contributed by atoms with Gasteiger partial charge in [0.2, 0.25) is 5.95 Å². The van der Waals surface area contributed by atoms with Gasteiger partial charge >= 0.3 is 0 Å². The van der Waals surface area contributed by atoms with Gasteiger partial charge in [0.1, 0.15) is 0 Å². The van der Waals surface area contributed by atoms with Crippen LogP contribution < -0.4 is 10.2 Å². The Morgan fingerprint density at radius 2 is 2.30 bits per heavy atom. The Hall–Kier alpha value is -1.46. The van der Waals surface area contributed by atoms with E-state index in [1.807, 2.05) is 13.2 Å². The van der Waals surface area contributed by atoms with Crippen LogP contribution in [-0.2, 0) is 13.1 Å². The molecule has 2 heterocycles. The first-order valence-corrected chi connectivity index (χ1v) is 7.90. The van der Waals surface area contributed by atoms with Crippen molar-refractivity contribution < 1.29 is 0 Å². The van der Waals surface area contributed by atoms with Crippen molar-refractivity contribution in [3.63, 3.8) is 0 Å². The van der Waals surface area contributed by atoms with Crippen molar-refractivity contribution in [2.75, 3.05) is 11.9 Å². The first kappa shape index (κ1) is 13.5. The third-order valence-electron chi connectivity index (χ3n) is 3.54. The number of nitrogens with one attached hydrogen (secondary N) is 1. The van der Waals surface area contributed by atoms with Crippen LogP contribution in [0.2, 0.25) is 0 Å². The molecule has 1 N–H and O–H groups in total. The lowest BCUT2D eigenvalue weighted by Crippen LogP contribution is -2.21. The van der Waals surface area contributed by atoms with E-state index in [9.17, 15) is 0 Å². The second-order valence-corrected chi connectivity index (χ2v) is 6.40. The number of hydrogen-bond donors (Lipinski definition) is 1. The number of thiophene rings is 1. The summed E-state index contributed by atoms with van der Waals surface area (Å²) in [4.78, 5) is 12.6. The summed E-state index contributed by atoms with van der Waals surface area (Å²) < 4.78 is 0. The van der Waals surface area contributed by atoms with Gasteiger partial charge in [0.15, 0.2) is 0 Å². The van der Waals surface area contributed by atoms with Crippen molar-refractivity contribution >= 4 is 17.3 Å². The lowest BCUT2D eigenvalue weighted by atomic mass is 10.2. The Kier molecular flexibility index (Phi) is 3.98. The molecule has 2 aromatic rings. The quantitative estimate of drug-likeness (QED) is 0.887. The molecule has 1 fully saturated rings. The molecule has 0 bridgehead atoms. The summed E-state index contributed by atoms with van der Waals surface area (Å²) in [7, 11) is 2.04. The predicted octanol–water partition coefficient (Wildman–Crippen LogP) is 2.73. The number of rotatable bonds is 6. The summed E-state index contributed by atoms with van der Waals surface area (Å²) in [6, 6.07) is 4.93. The van der Waals surface area contributed by atoms with E-state index in [1.165, 1.54) is 23.3 Å². The SMILES string of the molecule is Cc1nc(N(C)Cc2cccs2)ncc1CNC1CC1. The van der Waals surface area contributed by atoms with Crippen LogP contribution in [0.4, 0.5) is 5.95 Å². The standard InChI is InChI=1S/C15H20N4S/c1-11-12(8-16-13-5-6-13)9-17-15(18-11)19(2)10-14-4-3-7-20-14/h3-4,7,9,13,16H,5-6,8,10H2,1-2H3. The maximum Gasteiger partial charge on any atom is 0.225 e. The molecular weight excluding hydrogens is 268 g/mol. The number of nitrogens with zero attached hydrogens (tertiary/aromatic N) is 3. The topological polar surface area (TPSA) is 41.1 Å². The average molecular weight is 288 g/mol. The highest BCUT2D eigenvalue weighted by Gasteiger charge is 2.20. The van der Waals surface area contributed by atoms with Crippen LogP contribution in [0.5, 0.6) is 0 Å². The van der Waals surface area contributed by atoms with E-state index in [1.54, 1.807) is 11.3 Å². The lowest BCUT2D eigenvalue weighted by Gasteiger charge is -2.17. The summed E-state index contributed by atoms with van der Waals surface area (Å²) in [6.45, 7) is 3.80. The Morgan fingerprint density at radius 1 is 1.45 bits per heavy atom. The van der Waals surface area contributed by atoms with Crippen LogP contribution in [0, 0.1) is 6.92 Å². The van der Waals surface area contributed by atoms with Crippen molar-refractivity contribution in [2.45, 2.75) is 38.9 Å². The summed E-state index contributed by atoms with van der Waals surface area (Å²) in [6.07, 6.45) is 4.57. The van der Waals surface area contributed by atoms with Crippen LogP contribution in [0.25, 0.3) is 0 Å². The maximum absolute atomic E-state index is 4.63. The van der Waals surface area contributed by atoms with Crippen LogP contribution >= 0.6 is 11.3 Å². The van der Waals surface area contributed by atoms with Gasteiger partial charge in [-0.25, -0.2) is 9.97 Å². The summed E-state index contributed by atoms with van der Waals surface area (Å²) >= 11 is 1.76. The molecule has 0 unspecified atom stereocenters. The van der Waals surface area contributed by atoms with Gasteiger partial charge in [-0.3, -0.25) is 0 Å². The Labute approximate surface area is 123 Å². The molecule has 0 atom stereocenters. The zero-order valence-corrected chi connectivity index (χ0v) is 12.8. The molecule has 20 heavy (non-hydrogen) atoms. The number of anilines is 1. The molecule has 1 aliphatic carbocycles. The molecule has 0 amide bonds. The van der Waals surface area contributed by atoms with Gasteiger partial charge in [-0.2, -0.15) is 0 Å². The molecule has 0 aromatic carbocycles. The molecule has 2 aromatic heterocycles. The van der Waals surface area contributed by atoms with E-state index in [4.69, 9.17) is 0 Å². The van der Waals surface area contributed by atoms with E-state index in [-0.39, 0.29) is 0 Å². The normalized spacial score (nSPS) is 14.5. The van der Waals surface area contributed by atoms with Gasteiger partial charge < -0.3 is 10.2 Å². The molecule has 106 valence electrons. The molecule has 4 nitrogen and oxygen atoms in total. The molecule has 0 aliphatic heterocycles. The third-order valence-corrected chi connectivity index (χ3v) is 4.40. The van der Waals surface area contributed by atoms with Crippen molar-refractivity contribution in [2.24, 2.45) is 0 Å². The van der Waals surface area contributed by atoms with Crippen LogP contribution in [-0.4, -0.2) is 23.1 Å². The number of aryl methyl sites for hydroxylation is 1. The average Bonchev–Trinajstić information content (AvgIpc) is 3.13. The molecule has 0 radical (unpaired) electrons. The zero-order valence-electron chi connectivity index (χ0n) is 12.0. The van der Waals surface area contributed by atoms with Gasteiger partial charge in [0.05, 0.1) is 6.54 Å². The van der Waals surface area contributed by atoms with Gasteiger partial charge in [0, 0.05) is 42.0 Å². The molecule has 0 saturated heterocycles. The van der Waals surface area contributed by atoms with Gasteiger partial charge in [-0.15, -0.1) is 11.3 Å². The van der Waals surface area contributed by atoms with Crippen molar-refractivity contribution in [3.05, 3.63) is 39.8 Å². The van der Waals surface area contributed by atoms with E-state index in [2.05, 4.69) is 44.6 Å². The summed E-state index contributed by atoms with van der Waals surface area (Å²) in [5.74, 6) is 0.797.